The van der Waals surface area contributed by atoms with Crippen LogP contribution < -0.4 is 0 Å². The second-order valence-corrected chi connectivity index (χ2v) is 11.3. The minimum absolute atomic E-state index is 0.765. The Balaban J connectivity index is 0.000000172. The topological polar surface area (TPSA) is 0 Å². The molecule has 0 aliphatic carbocycles. The predicted octanol–water partition coefficient (Wildman–Crippen LogP) is 10.3. The third-order valence-corrected chi connectivity index (χ3v) is 8.92. The second-order valence-electron chi connectivity index (χ2n) is 5.87. The quantitative estimate of drug-likeness (QED) is 0.239. The largest absolute Gasteiger partial charge is 0.0843 e. The van der Waals surface area contributed by atoms with Crippen molar-refractivity contribution >= 4 is 66.4 Å². The highest BCUT2D eigenvalue weighted by Gasteiger charge is 1.98. The average molecular weight is 506 g/mol. The first kappa shape index (κ1) is 23.5. The van der Waals surface area contributed by atoms with Gasteiger partial charge in [-0.2, -0.15) is 0 Å². The molecule has 0 heterocycles. The van der Waals surface area contributed by atoms with Crippen molar-refractivity contribution in [2.45, 2.75) is 19.6 Å². The van der Waals surface area contributed by atoms with Gasteiger partial charge in [0, 0.05) is 29.6 Å². The van der Waals surface area contributed by atoms with Gasteiger partial charge in [-0.25, -0.2) is 0 Å². The molecule has 4 aromatic rings. The Labute approximate surface area is 204 Å². The van der Waals surface area contributed by atoms with E-state index < -0.39 is 0 Å². The van der Waals surface area contributed by atoms with Crippen molar-refractivity contribution in [3.8, 4) is 0 Å². The van der Waals surface area contributed by atoms with Gasteiger partial charge in [-0.15, -0.1) is 0 Å². The van der Waals surface area contributed by atoms with Crippen LogP contribution in [0.4, 0.5) is 0 Å². The average Bonchev–Trinajstić information content (AvgIpc) is 2.80. The first-order chi connectivity index (χ1) is 14.7. The van der Waals surface area contributed by atoms with E-state index in [1.165, 1.54) is 19.6 Å². The molecule has 0 aromatic heterocycles. The summed E-state index contributed by atoms with van der Waals surface area (Å²) < 4.78 is 0. The summed E-state index contributed by atoms with van der Waals surface area (Å²) in [5.41, 5.74) is 0. The first-order valence-electron chi connectivity index (χ1n) is 8.99. The summed E-state index contributed by atoms with van der Waals surface area (Å²) in [6, 6.07) is 36.5. The van der Waals surface area contributed by atoms with Gasteiger partial charge in [-0.3, -0.25) is 0 Å². The molecule has 152 valence electrons. The molecule has 0 amide bonds. The maximum absolute atomic E-state index is 5.82. The van der Waals surface area contributed by atoms with Gasteiger partial charge in [-0.05, 0) is 72.8 Å². The summed E-state index contributed by atoms with van der Waals surface area (Å²) in [6.45, 7) is 0. The molecule has 0 spiro atoms. The Morgan fingerprint density at radius 1 is 0.333 bits per heavy atom. The van der Waals surface area contributed by atoms with Gasteiger partial charge in [0.1, 0.15) is 0 Å². The number of hydrogen-bond acceptors (Lipinski definition) is 4. The summed E-state index contributed by atoms with van der Waals surface area (Å²) in [5, 5.41) is 1.53. The molecule has 0 radical (unpaired) electrons. The predicted molar refractivity (Wildman–Crippen MR) is 139 cm³/mol. The molecule has 4 rings (SSSR count). The fourth-order valence-electron chi connectivity index (χ4n) is 2.12. The number of rotatable bonds is 6. The molecule has 0 saturated heterocycles. The lowest BCUT2D eigenvalue weighted by Gasteiger charge is -2.01. The highest BCUT2D eigenvalue weighted by molar-refractivity contribution is 8.77. The van der Waals surface area contributed by atoms with Crippen molar-refractivity contribution in [3.05, 3.63) is 119 Å². The zero-order valence-electron chi connectivity index (χ0n) is 15.8. The van der Waals surface area contributed by atoms with E-state index in [1.54, 1.807) is 43.2 Å². The molecule has 0 aliphatic rings. The SMILES string of the molecule is Clc1ccc(SSc2ccc(Cl)cc2)cc1.c1ccc(SSc2ccccc2)cc1. The summed E-state index contributed by atoms with van der Waals surface area (Å²) in [6.07, 6.45) is 0. The summed E-state index contributed by atoms with van der Waals surface area (Å²) in [5.74, 6) is 0. The lowest BCUT2D eigenvalue weighted by atomic mass is 10.4. The molecule has 0 unspecified atom stereocenters. The van der Waals surface area contributed by atoms with Gasteiger partial charge in [0.2, 0.25) is 0 Å². The maximum Gasteiger partial charge on any atom is 0.0406 e. The minimum Gasteiger partial charge on any atom is -0.0843 e. The van der Waals surface area contributed by atoms with E-state index in [1.807, 2.05) is 60.7 Å². The van der Waals surface area contributed by atoms with Crippen molar-refractivity contribution in [1.29, 1.82) is 0 Å². The van der Waals surface area contributed by atoms with Crippen LogP contribution in [0.25, 0.3) is 0 Å². The smallest absolute Gasteiger partial charge is 0.0406 e. The van der Waals surface area contributed by atoms with Crippen LogP contribution >= 0.6 is 66.4 Å². The Bertz CT molecular complexity index is 908. The molecule has 4 aromatic carbocycles. The zero-order valence-corrected chi connectivity index (χ0v) is 20.6. The van der Waals surface area contributed by atoms with Crippen molar-refractivity contribution < 1.29 is 0 Å². The van der Waals surface area contributed by atoms with Crippen molar-refractivity contribution in [2.75, 3.05) is 0 Å². The van der Waals surface area contributed by atoms with Crippen LogP contribution in [0.2, 0.25) is 10.0 Å². The zero-order chi connectivity index (χ0) is 21.0. The van der Waals surface area contributed by atoms with Gasteiger partial charge >= 0.3 is 0 Å². The van der Waals surface area contributed by atoms with Crippen molar-refractivity contribution in [3.63, 3.8) is 0 Å². The Morgan fingerprint density at radius 2 is 0.600 bits per heavy atom. The van der Waals surface area contributed by atoms with Crippen LogP contribution in [0, 0.1) is 0 Å². The van der Waals surface area contributed by atoms with Gasteiger partial charge in [0.25, 0.3) is 0 Å². The minimum atomic E-state index is 0.765. The summed E-state index contributed by atoms with van der Waals surface area (Å²) in [7, 11) is 6.99. The van der Waals surface area contributed by atoms with E-state index in [2.05, 4.69) is 48.5 Å². The van der Waals surface area contributed by atoms with E-state index in [-0.39, 0.29) is 0 Å². The summed E-state index contributed by atoms with van der Waals surface area (Å²) >= 11 is 11.6. The first-order valence-corrected chi connectivity index (χ1v) is 14.0. The third kappa shape index (κ3) is 8.93. The van der Waals surface area contributed by atoms with E-state index >= 15 is 0 Å². The number of benzene rings is 4. The van der Waals surface area contributed by atoms with Crippen LogP contribution in [0.15, 0.2) is 129 Å². The standard InChI is InChI=1S/C12H8Cl2S2.C12H10S2/c13-9-1-5-11(6-2-9)15-16-12-7-3-10(14)4-8-12;1-3-7-11(8-4-1)13-14-12-9-5-2-6-10-12/h1-8H;1-10H. The third-order valence-electron chi connectivity index (χ3n) is 3.58. The molecule has 0 saturated carbocycles. The number of hydrogen-bond donors (Lipinski definition) is 0. The van der Waals surface area contributed by atoms with Crippen LogP contribution in [-0.4, -0.2) is 0 Å². The lowest BCUT2D eigenvalue weighted by molar-refractivity contribution is 1.47. The fraction of sp³-hybridized carbons (Fsp3) is 0. The van der Waals surface area contributed by atoms with E-state index in [4.69, 9.17) is 23.2 Å². The Hall–Kier alpha value is -1.14. The van der Waals surface area contributed by atoms with Crippen molar-refractivity contribution in [1.82, 2.24) is 0 Å². The Morgan fingerprint density at radius 3 is 0.900 bits per heavy atom. The maximum atomic E-state index is 5.82. The molecule has 0 atom stereocenters. The molecule has 30 heavy (non-hydrogen) atoms. The van der Waals surface area contributed by atoms with Crippen molar-refractivity contribution in [2.24, 2.45) is 0 Å². The molecular weight excluding hydrogens is 487 g/mol. The Kier molecular flexibility index (Phi) is 10.4. The molecular formula is C24H18Cl2S4. The molecule has 0 nitrogen and oxygen atoms in total. The van der Waals surface area contributed by atoms with Crippen LogP contribution in [0.5, 0.6) is 0 Å². The van der Waals surface area contributed by atoms with Gasteiger partial charge in [0.15, 0.2) is 0 Å². The van der Waals surface area contributed by atoms with E-state index in [9.17, 15) is 0 Å². The highest BCUT2D eigenvalue weighted by atomic mass is 35.5. The lowest BCUT2D eigenvalue weighted by Crippen LogP contribution is -1.69. The van der Waals surface area contributed by atoms with Crippen LogP contribution in [-0.2, 0) is 0 Å². The van der Waals surface area contributed by atoms with Gasteiger partial charge in [-0.1, -0.05) is 103 Å². The molecule has 0 fully saturated rings. The molecule has 6 heteroatoms. The normalized spacial score (nSPS) is 10.2. The highest BCUT2D eigenvalue weighted by Crippen LogP contribution is 2.38. The fourth-order valence-corrected chi connectivity index (χ4v) is 6.28. The molecule has 0 N–H and O–H groups in total. The van der Waals surface area contributed by atoms with Gasteiger partial charge in [0.05, 0.1) is 0 Å². The van der Waals surface area contributed by atoms with Crippen LogP contribution in [0.3, 0.4) is 0 Å². The second kappa shape index (κ2) is 13.3. The van der Waals surface area contributed by atoms with E-state index in [0.29, 0.717) is 0 Å². The monoisotopic (exact) mass is 504 g/mol. The number of halogens is 2. The van der Waals surface area contributed by atoms with Crippen LogP contribution in [0.1, 0.15) is 0 Å². The van der Waals surface area contributed by atoms with Gasteiger partial charge < -0.3 is 0 Å². The molecule has 0 aliphatic heterocycles. The molecule has 0 bridgehead atoms. The summed E-state index contributed by atoms with van der Waals surface area (Å²) in [4.78, 5) is 4.96. The van der Waals surface area contributed by atoms with E-state index in [0.717, 1.165) is 10.0 Å².